The van der Waals surface area contributed by atoms with E-state index in [1.165, 1.54) is 6.92 Å². The number of carbonyl (C=O) groups excluding carboxylic acids is 3. The van der Waals surface area contributed by atoms with Crippen molar-refractivity contribution < 1.29 is 23.9 Å². The third-order valence-electron chi connectivity index (χ3n) is 4.31. The van der Waals surface area contributed by atoms with E-state index >= 15 is 0 Å². The Morgan fingerprint density at radius 1 is 1.45 bits per heavy atom. The molecule has 0 radical (unpaired) electrons. The van der Waals surface area contributed by atoms with Crippen LogP contribution in [0.3, 0.4) is 0 Å². The Labute approximate surface area is 130 Å². The third kappa shape index (κ3) is 3.64. The summed E-state index contributed by atoms with van der Waals surface area (Å²) in [5, 5.41) is 0. The Hall–Kier alpha value is -1.91. The van der Waals surface area contributed by atoms with Crippen LogP contribution >= 0.6 is 0 Å². The van der Waals surface area contributed by atoms with Crippen molar-refractivity contribution in [1.82, 2.24) is 0 Å². The normalized spacial score (nSPS) is 37.0. The molecule has 1 saturated heterocycles. The molecule has 0 N–H and O–H groups in total. The van der Waals surface area contributed by atoms with Gasteiger partial charge in [0.2, 0.25) is 0 Å². The first-order valence-corrected chi connectivity index (χ1v) is 7.61. The lowest BCUT2D eigenvalue weighted by atomic mass is 9.82. The number of carbonyl (C=O) groups is 3. The standard InChI is InChI=1S/C17H22O5/c1-10-5-4-6-13(9-18)8-15(21-12(3)19)16-11(2)17(20)22-14(16)7-10/h6-7,9,11,14-16H,4-5,8H2,1-3H3/b10-7+,13-6+/t11-,14+,15+,16-/m0/s1. The van der Waals surface area contributed by atoms with Crippen LogP contribution in [0.15, 0.2) is 23.3 Å². The molecule has 0 saturated carbocycles. The van der Waals surface area contributed by atoms with Crippen molar-refractivity contribution >= 4 is 18.2 Å². The minimum atomic E-state index is -0.539. The van der Waals surface area contributed by atoms with Gasteiger partial charge in [-0.3, -0.25) is 14.4 Å². The summed E-state index contributed by atoms with van der Waals surface area (Å²) < 4.78 is 10.9. The minimum Gasteiger partial charge on any atom is -0.462 e. The van der Waals surface area contributed by atoms with Gasteiger partial charge in [0.1, 0.15) is 18.5 Å². The molecule has 22 heavy (non-hydrogen) atoms. The number of rotatable bonds is 2. The number of ether oxygens (including phenoxy) is 2. The molecule has 0 aromatic rings. The second-order valence-corrected chi connectivity index (χ2v) is 6.07. The summed E-state index contributed by atoms with van der Waals surface area (Å²) in [5.41, 5.74) is 1.70. The van der Waals surface area contributed by atoms with Gasteiger partial charge in [0.05, 0.1) is 11.8 Å². The maximum Gasteiger partial charge on any atom is 0.309 e. The predicted octanol–water partition coefficient (Wildman–Crippen LogP) is 2.35. The maximum absolute atomic E-state index is 11.9. The third-order valence-corrected chi connectivity index (χ3v) is 4.31. The first-order chi connectivity index (χ1) is 10.4. The van der Waals surface area contributed by atoms with Gasteiger partial charge in [-0.05, 0) is 31.4 Å². The number of aldehydes is 1. The number of hydrogen-bond acceptors (Lipinski definition) is 5. The number of hydrogen-bond donors (Lipinski definition) is 0. The van der Waals surface area contributed by atoms with E-state index in [9.17, 15) is 14.4 Å². The summed E-state index contributed by atoms with van der Waals surface area (Å²) >= 11 is 0. The monoisotopic (exact) mass is 306 g/mol. The Balaban J connectivity index is 2.40. The first-order valence-electron chi connectivity index (χ1n) is 7.61. The molecule has 120 valence electrons. The van der Waals surface area contributed by atoms with Gasteiger partial charge in [-0.2, -0.15) is 0 Å². The molecule has 4 atom stereocenters. The van der Waals surface area contributed by atoms with Crippen LogP contribution < -0.4 is 0 Å². The lowest BCUT2D eigenvalue weighted by Gasteiger charge is -2.28. The summed E-state index contributed by atoms with van der Waals surface area (Å²) in [6, 6.07) is 0. The van der Waals surface area contributed by atoms with E-state index < -0.39 is 18.2 Å². The molecule has 2 rings (SSSR count). The molecule has 0 aromatic carbocycles. The van der Waals surface area contributed by atoms with E-state index in [2.05, 4.69) is 0 Å². The average Bonchev–Trinajstić information content (AvgIpc) is 2.71. The Morgan fingerprint density at radius 2 is 2.18 bits per heavy atom. The highest BCUT2D eigenvalue weighted by Crippen LogP contribution is 2.36. The van der Waals surface area contributed by atoms with Crippen molar-refractivity contribution in [3.8, 4) is 0 Å². The molecule has 5 heteroatoms. The van der Waals surface area contributed by atoms with Gasteiger partial charge >= 0.3 is 11.9 Å². The summed E-state index contributed by atoms with van der Waals surface area (Å²) in [6.45, 7) is 5.09. The molecule has 5 nitrogen and oxygen atoms in total. The van der Waals surface area contributed by atoms with E-state index in [4.69, 9.17) is 9.47 Å². The van der Waals surface area contributed by atoms with Crippen LogP contribution in [0.25, 0.3) is 0 Å². The smallest absolute Gasteiger partial charge is 0.309 e. The fourth-order valence-electron chi connectivity index (χ4n) is 3.17. The Bertz CT molecular complexity index is 531. The van der Waals surface area contributed by atoms with Crippen LogP contribution in [0.5, 0.6) is 0 Å². The lowest BCUT2D eigenvalue weighted by molar-refractivity contribution is -0.150. The molecule has 0 aromatic heterocycles. The maximum atomic E-state index is 11.9. The van der Waals surface area contributed by atoms with E-state index in [1.807, 2.05) is 19.1 Å². The van der Waals surface area contributed by atoms with Gasteiger partial charge < -0.3 is 9.47 Å². The first kappa shape index (κ1) is 16.5. The second-order valence-electron chi connectivity index (χ2n) is 6.07. The van der Waals surface area contributed by atoms with Crippen molar-refractivity contribution in [3.63, 3.8) is 0 Å². The highest BCUT2D eigenvalue weighted by molar-refractivity contribution is 5.76. The molecule has 0 bridgehead atoms. The van der Waals surface area contributed by atoms with Crippen molar-refractivity contribution in [1.29, 1.82) is 0 Å². The van der Waals surface area contributed by atoms with Gasteiger partial charge in [-0.25, -0.2) is 0 Å². The van der Waals surface area contributed by atoms with Crippen LogP contribution in [0.1, 0.15) is 40.0 Å². The van der Waals surface area contributed by atoms with Gasteiger partial charge in [0, 0.05) is 13.3 Å². The highest BCUT2D eigenvalue weighted by atomic mass is 16.6. The van der Waals surface area contributed by atoms with E-state index in [-0.39, 0.29) is 17.8 Å². The Morgan fingerprint density at radius 3 is 2.82 bits per heavy atom. The molecule has 0 spiro atoms. The predicted molar refractivity (Wildman–Crippen MR) is 79.8 cm³/mol. The molecule has 0 unspecified atom stereocenters. The van der Waals surface area contributed by atoms with Gasteiger partial charge in [-0.15, -0.1) is 0 Å². The summed E-state index contributed by atoms with van der Waals surface area (Å²) in [5.74, 6) is -1.34. The van der Waals surface area contributed by atoms with Crippen molar-refractivity contribution in [2.24, 2.45) is 11.8 Å². The molecule has 1 fully saturated rings. The molecule has 1 heterocycles. The number of fused-ring (bicyclic) bond motifs is 1. The number of allylic oxidation sites excluding steroid dienone is 2. The van der Waals surface area contributed by atoms with Gasteiger partial charge in [0.25, 0.3) is 0 Å². The van der Waals surface area contributed by atoms with Crippen LogP contribution in [0.4, 0.5) is 0 Å². The molecule has 1 aliphatic heterocycles. The summed E-state index contributed by atoms with van der Waals surface area (Å²) in [7, 11) is 0. The fraction of sp³-hybridized carbons (Fsp3) is 0.588. The zero-order valence-corrected chi connectivity index (χ0v) is 13.2. The van der Waals surface area contributed by atoms with Crippen LogP contribution in [0, 0.1) is 11.8 Å². The second kappa shape index (κ2) is 6.90. The molecular weight excluding hydrogens is 284 g/mol. The van der Waals surface area contributed by atoms with Crippen molar-refractivity contribution in [2.45, 2.75) is 52.2 Å². The molecule has 1 aliphatic carbocycles. The topological polar surface area (TPSA) is 69.7 Å². The van der Waals surface area contributed by atoms with Gasteiger partial charge in [0.15, 0.2) is 0 Å². The van der Waals surface area contributed by atoms with Crippen molar-refractivity contribution in [2.75, 3.05) is 0 Å². The van der Waals surface area contributed by atoms with Crippen LogP contribution in [0.2, 0.25) is 0 Å². The van der Waals surface area contributed by atoms with Crippen LogP contribution in [-0.4, -0.2) is 30.4 Å². The quantitative estimate of drug-likeness (QED) is 0.445. The average molecular weight is 306 g/mol. The largest absolute Gasteiger partial charge is 0.462 e. The Kier molecular flexibility index (Phi) is 5.16. The van der Waals surface area contributed by atoms with E-state index in [0.29, 0.717) is 12.0 Å². The van der Waals surface area contributed by atoms with Gasteiger partial charge in [-0.1, -0.05) is 18.6 Å². The van der Waals surface area contributed by atoms with Crippen LogP contribution in [-0.2, 0) is 23.9 Å². The molecule has 0 amide bonds. The molecule has 2 aliphatic rings. The summed E-state index contributed by atoms with van der Waals surface area (Å²) in [6.07, 6.45) is 5.55. The number of esters is 2. The minimum absolute atomic E-state index is 0.271. The van der Waals surface area contributed by atoms with Crippen molar-refractivity contribution in [3.05, 3.63) is 23.3 Å². The zero-order valence-electron chi connectivity index (χ0n) is 13.2. The fourth-order valence-corrected chi connectivity index (χ4v) is 3.17. The van der Waals surface area contributed by atoms with E-state index in [0.717, 1.165) is 24.7 Å². The highest BCUT2D eigenvalue weighted by Gasteiger charge is 2.46. The zero-order chi connectivity index (χ0) is 16.3. The van der Waals surface area contributed by atoms with E-state index in [1.54, 1.807) is 6.92 Å². The summed E-state index contributed by atoms with van der Waals surface area (Å²) in [4.78, 5) is 34.6. The lowest BCUT2D eigenvalue weighted by Crippen LogP contribution is -2.35. The molecular formula is C17H22O5. The SMILES string of the molecule is CC(=O)O[C@@H]1C/C(C=O)=C\CC/C(C)=C/[C@H]2OC(=O)[C@@H](C)[C@@H]21.